The number of H-pyrrole nitrogens is 1. The van der Waals surface area contributed by atoms with Gasteiger partial charge in [0, 0.05) is 39.1 Å². The van der Waals surface area contributed by atoms with E-state index in [-0.39, 0.29) is 6.61 Å². The highest BCUT2D eigenvalue weighted by molar-refractivity contribution is 7.71. The number of benzene rings is 2. The number of methoxy groups -OCH3 is 1. The van der Waals surface area contributed by atoms with E-state index >= 15 is 0 Å². The molecule has 0 amide bonds. The Balaban J connectivity index is 1.58. The normalized spacial score (nSPS) is 10.7. The molecule has 0 atom stereocenters. The maximum absolute atomic E-state index is 6.29. The van der Waals surface area contributed by atoms with Crippen LogP contribution in [0.25, 0.3) is 11.4 Å². The molecule has 4 aromatic rings. The van der Waals surface area contributed by atoms with Crippen LogP contribution in [0.3, 0.4) is 0 Å². The van der Waals surface area contributed by atoms with Gasteiger partial charge in [0.1, 0.15) is 6.61 Å². The Morgan fingerprint density at radius 1 is 1.09 bits per heavy atom. The van der Waals surface area contributed by atoms with Crippen molar-refractivity contribution < 1.29 is 9.47 Å². The molecule has 2 heterocycles. The summed E-state index contributed by atoms with van der Waals surface area (Å²) in [6.45, 7) is 0.670. The second-order valence-corrected chi connectivity index (χ2v) is 7.96. The summed E-state index contributed by atoms with van der Waals surface area (Å²) < 4.78 is 13.8. The van der Waals surface area contributed by atoms with Crippen LogP contribution in [0.15, 0.2) is 60.9 Å². The number of hydrogen-bond acceptors (Lipinski definition) is 6. The average molecular weight is 488 g/mol. The minimum Gasteiger partial charge on any atom is -0.493 e. The maximum Gasteiger partial charge on any atom is 0.214 e. The van der Waals surface area contributed by atoms with Crippen molar-refractivity contribution >= 4 is 35.4 Å². The quantitative estimate of drug-likeness (QED) is 0.313. The number of ether oxygens (including phenoxy) is 2. The van der Waals surface area contributed by atoms with Crippen LogP contribution in [0.1, 0.15) is 11.1 Å². The van der Waals surface area contributed by atoms with Gasteiger partial charge in [-0.3, -0.25) is 4.98 Å². The third-order valence-corrected chi connectivity index (χ3v) is 5.57. The molecule has 0 bridgehead atoms. The van der Waals surface area contributed by atoms with E-state index in [1.165, 1.54) is 0 Å². The summed E-state index contributed by atoms with van der Waals surface area (Å²) in [5, 5.41) is 8.25. The fraction of sp³-hybridized carbons (Fsp3) is 0.136. The van der Waals surface area contributed by atoms with Crippen LogP contribution in [-0.4, -0.2) is 27.0 Å². The van der Waals surface area contributed by atoms with Gasteiger partial charge in [0.2, 0.25) is 4.77 Å². The van der Waals surface area contributed by atoms with Gasteiger partial charge in [-0.25, -0.2) is 9.77 Å². The Bertz CT molecular complexity index is 1280. The van der Waals surface area contributed by atoms with E-state index in [0.29, 0.717) is 38.7 Å². The highest BCUT2D eigenvalue weighted by atomic mass is 35.5. The first-order valence-electron chi connectivity index (χ1n) is 9.61. The monoisotopic (exact) mass is 487 g/mol. The molecule has 0 spiro atoms. The van der Waals surface area contributed by atoms with Crippen LogP contribution in [0.5, 0.6) is 11.5 Å². The summed E-state index contributed by atoms with van der Waals surface area (Å²) >= 11 is 17.7. The number of hydrogen-bond donors (Lipinski definition) is 2. The lowest BCUT2D eigenvalue weighted by Gasteiger charge is -2.17. The fourth-order valence-electron chi connectivity index (χ4n) is 3.12. The molecule has 0 saturated heterocycles. The number of aromatic amines is 1. The van der Waals surface area contributed by atoms with Crippen molar-refractivity contribution in [2.24, 2.45) is 0 Å². The molecule has 4 rings (SSSR count). The predicted octanol–water partition coefficient (Wildman–Crippen LogP) is 5.64. The molecule has 0 aliphatic heterocycles. The Kier molecular flexibility index (Phi) is 6.94. The number of para-hydroxylation sites is 1. The number of nitrogens with zero attached hydrogens (tertiary/aromatic N) is 3. The van der Waals surface area contributed by atoms with Gasteiger partial charge in [-0.2, -0.15) is 5.10 Å². The summed E-state index contributed by atoms with van der Waals surface area (Å²) in [6.07, 6.45) is 3.40. The number of nitrogens with one attached hydrogen (secondary N) is 2. The van der Waals surface area contributed by atoms with E-state index < -0.39 is 0 Å². The molecule has 7 nitrogen and oxygen atoms in total. The molecule has 2 aromatic carbocycles. The van der Waals surface area contributed by atoms with Crippen molar-refractivity contribution in [2.45, 2.75) is 13.2 Å². The largest absolute Gasteiger partial charge is 0.493 e. The Labute approximate surface area is 199 Å². The van der Waals surface area contributed by atoms with Crippen LogP contribution in [0, 0.1) is 4.77 Å². The van der Waals surface area contributed by atoms with Crippen LogP contribution in [-0.2, 0) is 13.2 Å². The Morgan fingerprint density at radius 3 is 2.66 bits per heavy atom. The van der Waals surface area contributed by atoms with Crippen LogP contribution < -0.4 is 14.9 Å². The summed E-state index contributed by atoms with van der Waals surface area (Å²) in [6, 6.07) is 14.7. The zero-order valence-electron chi connectivity index (χ0n) is 17.0. The molecule has 164 valence electrons. The zero-order valence-corrected chi connectivity index (χ0v) is 19.3. The highest BCUT2D eigenvalue weighted by Crippen LogP contribution is 2.33. The molecule has 0 fully saturated rings. The number of pyridine rings is 1. The first-order chi connectivity index (χ1) is 15.6. The third-order valence-electron chi connectivity index (χ3n) is 4.71. The first kappa shape index (κ1) is 22.1. The Hall–Kier alpha value is -3.07. The minimum absolute atomic E-state index is 0.261. The van der Waals surface area contributed by atoms with Gasteiger partial charge >= 0.3 is 0 Å². The molecule has 0 radical (unpaired) electrons. The lowest BCUT2D eigenvalue weighted by molar-refractivity contribution is 0.281. The topological polar surface area (TPSA) is 77.0 Å². The van der Waals surface area contributed by atoms with Gasteiger partial charge in [-0.15, -0.1) is 0 Å². The van der Waals surface area contributed by atoms with Gasteiger partial charge < -0.3 is 14.9 Å². The molecular weight excluding hydrogens is 469 g/mol. The SMILES string of the molecule is COc1cccc(CNn2c(-c3ccncc3)n[nH]c2=S)c1OCc1ccc(Cl)cc1Cl. The summed E-state index contributed by atoms with van der Waals surface area (Å²) in [5.74, 6) is 1.87. The summed E-state index contributed by atoms with van der Waals surface area (Å²) in [5.41, 5.74) is 5.87. The average Bonchev–Trinajstić information content (AvgIpc) is 3.18. The van der Waals surface area contributed by atoms with Gasteiger partial charge in [-0.05, 0) is 42.5 Å². The number of aromatic nitrogens is 4. The molecule has 2 N–H and O–H groups in total. The molecule has 0 aliphatic rings. The van der Waals surface area contributed by atoms with Crippen molar-refractivity contribution in [2.75, 3.05) is 12.5 Å². The first-order valence-corrected chi connectivity index (χ1v) is 10.8. The lowest BCUT2D eigenvalue weighted by Crippen LogP contribution is -2.16. The third kappa shape index (κ3) is 4.88. The summed E-state index contributed by atoms with van der Waals surface area (Å²) in [7, 11) is 1.60. The standard InChI is InChI=1S/C22H19Cl2N5O2S/c1-30-19-4-2-3-15(20(19)31-13-16-5-6-17(23)11-18(16)24)12-26-29-21(27-28-22(29)32)14-7-9-25-10-8-14/h2-11,26H,12-13H2,1H3,(H,28,32). The van der Waals surface area contributed by atoms with Crippen molar-refractivity contribution in [1.29, 1.82) is 0 Å². The lowest BCUT2D eigenvalue weighted by atomic mass is 10.2. The molecule has 10 heteroatoms. The predicted molar refractivity (Wildman–Crippen MR) is 127 cm³/mol. The van der Waals surface area contributed by atoms with E-state index in [2.05, 4.69) is 20.6 Å². The van der Waals surface area contributed by atoms with Gasteiger partial charge in [0.25, 0.3) is 0 Å². The second-order valence-electron chi connectivity index (χ2n) is 6.73. The smallest absolute Gasteiger partial charge is 0.214 e. The van der Waals surface area contributed by atoms with Gasteiger partial charge in [0.05, 0.1) is 13.7 Å². The molecule has 0 unspecified atom stereocenters. The van der Waals surface area contributed by atoms with E-state index in [1.54, 1.807) is 36.3 Å². The van der Waals surface area contributed by atoms with Gasteiger partial charge in [-0.1, -0.05) is 41.4 Å². The van der Waals surface area contributed by atoms with E-state index in [4.69, 9.17) is 44.9 Å². The molecular formula is C22H19Cl2N5O2S. The molecule has 0 saturated carbocycles. The number of halogens is 2. The van der Waals surface area contributed by atoms with Crippen LogP contribution in [0.4, 0.5) is 0 Å². The minimum atomic E-state index is 0.261. The molecule has 0 aliphatic carbocycles. The number of rotatable bonds is 8. The van der Waals surface area contributed by atoms with Crippen LogP contribution in [0.2, 0.25) is 10.0 Å². The van der Waals surface area contributed by atoms with Gasteiger partial charge in [0.15, 0.2) is 17.3 Å². The Morgan fingerprint density at radius 2 is 1.91 bits per heavy atom. The van der Waals surface area contributed by atoms with E-state index in [9.17, 15) is 0 Å². The van der Waals surface area contributed by atoms with Crippen molar-refractivity contribution in [3.05, 3.63) is 86.9 Å². The van der Waals surface area contributed by atoms with Crippen molar-refractivity contribution in [3.63, 3.8) is 0 Å². The van der Waals surface area contributed by atoms with Crippen molar-refractivity contribution in [1.82, 2.24) is 19.9 Å². The highest BCUT2D eigenvalue weighted by Gasteiger charge is 2.14. The molecule has 32 heavy (non-hydrogen) atoms. The zero-order chi connectivity index (χ0) is 22.5. The second kappa shape index (κ2) is 10.0. The molecule has 2 aromatic heterocycles. The maximum atomic E-state index is 6.29. The van der Waals surface area contributed by atoms with Crippen LogP contribution >= 0.6 is 35.4 Å². The summed E-state index contributed by atoms with van der Waals surface area (Å²) in [4.78, 5) is 4.05. The fourth-order valence-corrected chi connectivity index (χ4v) is 3.78. The van der Waals surface area contributed by atoms with E-state index in [0.717, 1.165) is 16.7 Å². The van der Waals surface area contributed by atoms with E-state index in [1.807, 2.05) is 36.4 Å². The van der Waals surface area contributed by atoms with Crippen molar-refractivity contribution in [3.8, 4) is 22.9 Å².